The summed E-state index contributed by atoms with van der Waals surface area (Å²) in [6.45, 7) is 2.61. The smallest absolute Gasteiger partial charge is 0.294 e. The number of hydrogen-bond acceptors (Lipinski definition) is 5. The molecule has 9 heteroatoms. The maximum atomic E-state index is 12.6. The van der Waals surface area contributed by atoms with Gasteiger partial charge in [-0.25, -0.2) is 0 Å². The van der Waals surface area contributed by atoms with Gasteiger partial charge in [-0.3, -0.25) is 20.2 Å². The van der Waals surface area contributed by atoms with Crippen LogP contribution in [0.4, 0.5) is 11.4 Å². The van der Waals surface area contributed by atoms with E-state index in [0.717, 1.165) is 19.3 Å². The highest BCUT2D eigenvalue weighted by molar-refractivity contribution is 7.80. The van der Waals surface area contributed by atoms with Crippen LogP contribution in [-0.4, -0.2) is 22.5 Å². The van der Waals surface area contributed by atoms with Gasteiger partial charge >= 0.3 is 0 Å². The first-order chi connectivity index (χ1) is 13.4. The van der Waals surface area contributed by atoms with Crippen LogP contribution in [0.3, 0.4) is 0 Å². The summed E-state index contributed by atoms with van der Waals surface area (Å²) in [4.78, 5) is 23.1. The Morgan fingerprint density at radius 1 is 1.25 bits per heavy atom. The molecule has 0 saturated heterocycles. The molecule has 1 amide bonds. The Balaban J connectivity index is 2.05. The number of ether oxygens (including phenoxy) is 1. The predicted molar refractivity (Wildman–Crippen MR) is 113 cm³/mol. The molecule has 2 aromatic rings. The fourth-order valence-electron chi connectivity index (χ4n) is 2.40. The number of nitro benzene ring substituents is 1. The standard InChI is InChI=1S/C19H20ClN3O4S/c1-2-3-6-11-27-17-8-5-4-7-14(17)18(24)22-19(28)21-15-10-9-13(20)12-16(15)23(25)26/h4-5,7-10,12H,2-3,6,11H2,1H3,(H2,21,22,24,28). The number of hydrogen-bond donors (Lipinski definition) is 2. The number of benzene rings is 2. The van der Waals surface area contributed by atoms with Gasteiger partial charge in [-0.05, 0) is 42.9 Å². The van der Waals surface area contributed by atoms with Crippen molar-refractivity contribution in [1.29, 1.82) is 0 Å². The zero-order valence-electron chi connectivity index (χ0n) is 15.2. The molecule has 0 aliphatic heterocycles. The van der Waals surface area contributed by atoms with Gasteiger partial charge in [0, 0.05) is 11.1 Å². The van der Waals surface area contributed by atoms with E-state index in [2.05, 4.69) is 17.6 Å². The van der Waals surface area contributed by atoms with Gasteiger partial charge in [0.25, 0.3) is 11.6 Å². The number of carbonyl (C=O) groups is 1. The van der Waals surface area contributed by atoms with Crippen LogP contribution in [0.2, 0.25) is 5.02 Å². The van der Waals surface area contributed by atoms with E-state index < -0.39 is 10.8 Å². The molecule has 2 N–H and O–H groups in total. The second kappa shape index (κ2) is 10.6. The van der Waals surface area contributed by atoms with E-state index in [1.807, 2.05) is 0 Å². The highest BCUT2D eigenvalue weighted by Crippen LogP contribution is 2.27. The lowest BCUT2D eigenvalue weighted by Gasteiger charge is -2.13. The Kier molecular flexibility index (Phi) is 8.16. The largest absolute Gasteiger partial charge is 0.493 e. The summed E-state index contributed by atoms with van der Waals surface area (Å²) in [5, 5.41) is 16.5. The van der Waals surface area contributed by atoms with Crippen molar-refractivity contribution in [1.82, 2.24) is 5.32 Å². The first kappa shape index (κ1) is 21.6. The lowest BCUT2D eigenvalue weighted by Crippen LogP contribution is -2.34. The van der Waals surface area contributed by atoms with Gasteiger partial charge in [-0.15, -0.1) is 0 Å². The summed E-state index contributed by atoms with van der Waals surface area (Å²) in [5.74, 6) is -0.0171. The molecule has 0 saturated carbocycles. The fourth-order valence-corrected chi connectivity index (χ4v) is 2.77. The molecule has 0 aliphatic rings. The van der Waals surface area contributed by atoms with Crippen LogP contribution < -0.4 is 15.4 Å². The van der Waals surface area contributed by atoms with E-state index in [-0.39, 0.29) is 21.5 Å². The molecule has 28 heavy (non-hydrogen) atoms. The van der Waals surface area contributed by atoms with Crippen molar-refractivity contribution in [3.63, 3.8) is 0 Å². The maximum absolute atomic E-state index is 12.6. The first-order valence-corrected chi connectivity index (χ1v) is 9.49. The summed E-state index contributed by atoms with van der Waals surface area (Å²) in [7, 11) is 0. The molecular formula is C19H20ClN3O4S. The van der Waals surface area contributed by atoms with Gasteiger partial charge in [0.15, 0.2) is 5.11 Å². The number of nitrogens with zero attached hydrogens (tertiary/aromatic N) is 1. The molecule has 0 heterocycles. The van der Waals surface area contributed by atoms with E-state index >= 15 is 0 Å². The second-order valence-electron chi connectivity index (χ2n) is 5.88. The minimum absolute atomic E-state index is 0.0730. The highest BCUT2D eigenvalue weighted by atomic mass is 35.5. The quantitative estimate of drug-likeness (QED) is 0.271. The van der Waals surface area contributed by atoms with Crippen molar-refractivity contribution in [2.24, 2.45) is 0 Å². The minimum Gasteiger partial charge on any atom is -0.493 e. The number of nitrogens with one attached hydrogen (secondary N) is 2. The number of carbonyl (C=O) groups excluding carboxylic acids is 1. The number of halogens is 1. The van der Waals surface area contributed by atoms with E-state index in [1.165, 1.54) is 18.2 Å². The van der Waals surface area contributed by atoms with Crippen molar-refractivity contribution < 1.29 is 14.5 Å². The van der Waals surface area contributed by atoms with Crippen molar-refractivity contribution >= 4 is 46.2 Å². The van der Waals surface area contributed by atoms with E-state index in [4.69, 9.17) is 28.6 Å². The van der Waals surface area contributed by atoms with Gasteiger partial charge in [0.05, 0.1) is 17.1 Å². The Morgan fingerprint density at radius 2 is 2.00 bits per heavy atom. The summed E-state index contributed by atoms with van der Waals surface area (Å²) < 4.78 is 5.70. The number of anilines is 1. The van der Waals surface area contributed by atoms with Crippen LogP contribution in [0, 0.1) is 10.1 Å². The van der Waals surface area contributed by atoms with Crippen LogP contribution in [0.5, 0.6) is 5.75 Å². The van der Waals surface area contributed by atoms with Crippen LogP contribution >= 0.6 is 23.8 Å². The zero-order valence-corrected chi connectivity index (χ0v) is 16.8. The average molecular weight is 422 g/mol. The number of unbranched alkanes of at least 4 members (excludes halogenated alkanes) is 2. The van der Waals surface area contributed by atoms with Crippen molar-refractivity contribution in [2.45, 2.75) is 26.2 Å². The van der Waals surface area contributed by atoms with Crippen molar-refractivity contribution in [3.8, 4) is 5.75 Å². The number of amides is 1. The molecule has 0 fully saturated rings. The lowest BCUT2D eigenvalue weighted by molar-refractivity contribution is -0.383. The van der Waals surface area contributed by atoms with E-state index in [0.29, 0.717) is 17.9 Å². The van der Waals surface area contributed by atoms with Crippen molar-refractivity contribution in [3.05, 3.63) is 63.2 Å². The third kappa shape index (κ3) is 6.17. The molecule has 0 spiro atoms. The molecule has 0 aromatic heterocycles. The Morgan fingerprint density at radius 3 is 2.71 bits per heavy atom. The van der Waals surface area contributed by atoms with Crippen molar-refractivity contribution in [2.75, 3.05) is 11.9 Å². The second-order valence-corrected chi connectivity index (χ2v) is 6.72. The Bertz CT molecular complexity index is 876. The Hall–Kier alpha value is -2.71. The van der Waals surface area contributed by atoms with E-state index in [1.54, 1.807) is 24.3 Å². The zero-order chi connectivity index (χ0) is 20.5. The molecule has 2 rings (SSSR count). The molecule has 0 atom stereocenters. The van der Waals surface area contributed by atoms with Gasteiger partial charge in [-0.1, -0.05) is 43.5 Å². The molecule has 0 unspecified atom stereocenters. The van der Waals surface area contributed by atoms with Gasteiger partial charge in [-0.2, -0.15) is 0 Å². The fraction of sp³-hybridized carbons (Fsp3) is 0.263. The molecule has 0 aliphatic carbocycles. The number of para-hydroxylation sites is 1. The molecule has 0 bridgehead atoms. The van der Waals surface area contributed by atoms with Gasteiger partial charge in [0.2, 0.25) is 0 Å². The summed E-state index contributed by atoms with van der Waals surface area (Å²) in [6, 6.07) is 10.9. The Labute approximate surface area is 173 Å². The summed E-state index contributed by atoms with van der Waals surface area (Å²) in [6.07, 6.45) is 3.01. The normalized spacial score (nSPS) is 10.2. The topological polar surface area (TPSA) is 93.5 Å². The lowest BCUT2D eigenvalue weighted by atomic mass is 10.2. The van der Waals surface area contributed by atoms with Crippen LogP contribution in [0.25, 0.3) is 0 Å². The average Bonchev–Trinajstić information content (AvgIpc) is 2.66. The SMILES string of the molecule is CCCCCOc1ccccc1C(=O)NC(=S)Nc1ccc(Cl)cc1[N+](=O)[O-]. The molecular weight excluding hydrogens is 402 g/mol. The predicted octanol–water partition coefficient (Wildman–Crippen LogP) is 4.94. The van der Waals surface area contributed by atoms with Crippen LogP contribution in [0.15, 0.2) is 42.5 Å². The summed E-state index contributed by atoms with van der Waals surface area (Å²) >= 11 is 10.9. The molecule has 7 nitrogen and oxygen atoms in total. The van der Waals surface area contributed by atoms with Gasteiger partial charge < -0.3 is 10.1 Å². The highest BCUT2D eigenvalue weighted by Gasteiger charge is 2.18. The minimum atomic E-state index is -0.585. The van der Waals surface area contributed by atoms with Crippen LogP contribution in [-0.2, 0) is 0 Å². The number of rotatable bonds is 8. The van der Waals surface area contributed by atoms with E-state index in [9.17, 15) is 14.9 Å². The monoisotopic (exact) mass is 421 g/mol. The number of nitro groups is 1. The molecule has 2 aromatic carbocycles. The number of thiocarbonyl (C=S) groups is 1. The third-order valence-electron chi connectivity index (χ3n) is 3.77. The summed E-state index contributed by atoms with van der Waals surface area (Å²) in [5.41, 5.74) is 0.210. The van der Waals surface area contributed by atoms with Gasteiger partial charge in [0.1, 0.15) is 11.4 Å². The first-order valence-electron chi connectivity index (χ1n) is 8.70. The molecule has 148 valence electrons. The molecule has 0 radical (unpaired) electrons. The van der Waals surface area contributed by atoms with Crippen LogP contribution in [0.1, 0.15) is 36.5 Å². The third-order valence-corrected chi connectivity index (χ3v) is 4.21. The maximum Gasteiger partial charge on any atom is 0.294 e.